The van der Waals surface area contributed by atoms with Crippen LogP contribution in [-0.2, 0) is 4.74 Å². The molecule has 3 rings (SSSR count). The number of amides is 2. The molecule has 0 radical (unpaired) electrons. The van der Waals surface area contributed by atoms with E-state index in [4.69, 9.17) is 21.1 Å². The normalized spacial score (nSPS) is 16.1. The van der Waals surface area contributed by atoms with Crippen LogP contribution in [0.15, 0.2) is 48.5 Å². The van der Waals surface area contributed by atoms with Gasteiger partial charge >= 0.3 is 0 Å². The number of ether oxygens (including phenoxy) is 2. The van der Waals surface area contributed by atoms with Crippen LogP contribution >= 0.6 is 11.6 Å². The fourth-order valence-electron chi connectivity index (χ4n) is 2.57. The average Bonchev–Trinajstić information content (AvgIpc) is 3.18. The summed E-state index contributed by atoms with van der Waals surface area (Å²) in [5.74, 6) is -0.256. The van der Waals surface area contributed by atoms with Gasteiger partial charge in [-0.05, 0) is 49.2 Å². The Balaban J connectivity index is 1.50. The smallest absolute Gasteiger partial charge is 0.271 e. The molecule has 1 fully saturated rings. The van der Waals surface area contributed by atoms with Crippen LogP contribution in [0.2, 0.25) is 5.02 Å². The lowest BCUT2D eigenvalue weighted by molar-refractivity contribution is 0.0679. The Hall–Kier alpha value is -2.57. The number of hydrogen-bond acceptors (Lipinski definition) is 4. The Labute approximate surface area is 156 Å². The first-order chi connectivity index (χ1) is 12.6. The number of rotatable bonds is 5. The van der Waals surface area contributed by atoms with Crippen molar-refractivity contribution in [2.45, 2.75) is 18.9 Å². The second-order valence-electron chi connectivity index (χ2n) is 5.86. The van der Waals surface area contributed by atoms with Crippen molar-refractivity contribution >= 4 is 23.4 Å². The molecule has 136 valence electrons. The molecule has 2 amide bonds. The number of hydrazine groups is 1. The first-order valence-corrected chi connectivity index (χ1v) is 8.71. The minimum atomic E-state index is -0.486. The van der Waals surface area contributed by atoms with E-state index < -0.39 is 11.8 Å². The summed E-state index contributed by atoms with van der Waals surface area (Å²) in [6.45, 7) is 1.28. The van der Waals surface area contributed by atoms with Crippen molar-refractivity contribution in [2.24, 2.45) is 0 Å². The van der Waals surface area contributed by atoms with Crippen LogP contribution in [0.1, 0.15) is 33.6 Å². The van der Waals surface area contributed by atoms with Gasteiger partial charge in [-0.3, -0.25) is 20.4 Å². The van der Waals surface area contributed by atoms with Crippen LogP contribution in [0.3, 0.4) is 0 Å². The highest BCUT2D eigenvalue weighted by Crippen LogP contribution is 2.17. The molecule has 26 heavy (non-hydrogen) atoms. The lowest BCUT2D eigenvalue weighted by Crippen LogP contribution is -2.41. The van der Waals surface area contributed by atoms with Gasteiger partial charge in [0.1, 0.15) is 12.4 Å². The highest BCUT2D eigenvalue weighted by Gasteiger charge is 2.16. The minimum absolute atomic E-state index is 0.137. The van der Waals surface area contributed by atoms with E-state index in [1.807, 2.05) is 0 Å². The Kier molecular flexibility index (Phi) is 6.09. The summed E-state index contributed by atoms with van der Waals surface area (Å²) in [6.07, 6.45) is 2.21. The van der Waals surface area contributed by atoms with Crippen LogP contribution < -0.4 is 15.6 Å². The monoisotopic (exact) mass is 374 g/mol. The van der Waals surface area contributed by atoms with Gasteiger partial charge in [0.15, 0.2) is 0 Å². The topological polar surface area (TPSA) is 76.7 Å². The van der Waals surface area contributed by atoms with E-state index in [1.54, 1.807) is 48.5 Å². The Morgan fingerprint density at radius 2 is 1.81 bits per heavy atom. The molecule has 2 aromatic rings. The second-order valence-corrected chi connectivity index (χ2v) is 6.27. The molecule has 1 saturated heterocycles. The molecule has 1 aliphatic rings. The van der Waals surface area contributed by atoms with Crippen molar-refractivity contribution in [3.8, 4) is 5.75 Å². The van der Waals surface area contributed by atoms with Gasteiger partial charge in [-0.25, -0.2) is 0 Å². The number of halogens is 1. The maximum Gasteiger partial charge on any atom is 0.271 e. The Morgan fingerprint density at radius 1 is 1.08 bits per heavy atom. The molecule has 1 atom stereocenters. The molecule has 0 aromatic heterocycles. The van der Waals surface area contributed by atoms with Crippen molar-refractivity contribution in [3.63, 3.8) is 0 Å². The van der Waals surface area contributed by atoms with Crippen molar-refractivity contribution in [1.29, 1.82) is 0 Å². The molecule has 0 bridgehead atoms. The van der Waals surface area contributed by atoms with E-state index in [0.717, 1.165) is 19.4 Å². The summed E-state index contributed by atoms with van der Waals surface area (Å²) in [5, 5.41) is 0.312. The summed E-state index contributed by atoms with van der Waals surface area (Å²) in [5.41, 5.74) is 5.39. The standard InChI is InChI=1S/C19H19ClN2O4/c20-17-6-2-1-5-16(17)19(24)22-21-18(23)13-7-9-14(10-8-13)26-12-15-4-3-11-25-15/h1-2,5-10,15H,3-4,11-12H2,(H,21,23)(H,22,24). The zero-order valence-corrected chi connectivity index (χ0v) is 14.8. The van der Waals surface area contributed by atoms with Gasteiger partial charge in [0.2, 0.25) is 0 Å². The van der Waals surface area contributed by atoms with Crippen LogP contribution in [0.5, 0.6) is 5.75 Å². The quantitative estimate of drug-likeness (QED) is 0.789. The first-order valence-electron chi connectivity index (χ1n) is 8.33. The van der Waals surface area contributed by atoms with Gasteiger partial charge in [0, 0.05) is 12.2 Å². The van der Waals surface area contributed by atoms with E-state index in [-0.39, 0.29) is 11.7 Å². The zero-order valence-electron chi connectivity index (χ0n) is 14.0. The number of hydrogen-bond donors (Lipinski definition) is 2. The maximum atomic E-state index is 12.1. The Bertz CT molecular complexity index is 773. The highest BCUT2D eigenvalue weighted by molar-refractivity contribution is 6.33. The molecule has 0 spiro atoms. The van der Waals surface area contributed by atoms with E-state index in [2.05, 4.69) is 10.9 Å². The van der Waals surface area contributed by atoms with Crippen LogP contribution in [0.4, 0.5) is 0 Å². The predicted octanol–water partition coefficient (Wildman–Crippen LogP) is 2.97. The van der Waals surface area contributed by atoms with Gasteiger partial charge in [0.05, 0.1) is 16.7 Å². The number of carbonyl (C=O) groups is 2. The van der Waals surface area contributed by atoms with Crippen molar-refractivity contribution < 1.29 is 19.1 Å². The fourth-order valence-corrected chi connectivity index (χ4v) is 2.79. The molecule has 2 aromatic carbocycles. The van der Waals surface area contributed by atoms with Gasteiger partial charge in [-0.1, -0.05) is 23.7 Å². The maximum absolute atomic E-state index is 12.1. The van der Waals surface area contributed by atoms with Crippen LogP contribution in [0, 0.1) is 0 Å². The second kappa shape index (κ2) is 8.69. The summed E-state index contributed by atoms with van der Waals surface area (Å²) < 4.78 is 11.1. The zero-order chi connectivity index (χ0) is 18.4. The Morgan fingerprint density at radius 3 is 2.50 bits per heavy atom. The summed E-state index contributed by atoms with van der Waals surface area (Å²) >= 11 is 5.95. The largest absolute Gasteiger partial charge is 0.491 e. The van der Waals surface area contributed by atoms with Gasteiger partial charge in [-0.15, -0.1) is 0 Å². The van der Waals surface area contributed by atoms with E-state index in [9.17, 15) is 9.59 Å². The van der Waals surface area contributed by atoms with Crippen molar-refractivity contribution in [1.82, 2.24) is 10.9 Å². The van der Waals surface area contributed by atoms with E-state index >= 15 is 0 Å². The van der Waals surface area contributed by atoms with E-state index in [0.29, 0.717) is 22.9 Å². The number of nitrogens with one attached hydrogen (secondary N) is 2. The molecule has 1 aliphatic heterocycles. The molecule has 6 nitrogen and oxygen atoms in total. The van der Waals surface area contributed by atoms with Gasteiger partial charge < -0.3 is 9.47 Å². The first kappa shape index (κ1) is 18.2. The highest BCUT2D eigenvalue weighted by atomic mass is 35.5. The van der Waals surface area contributed by atoms with Gasteiger partial charge in [0.25, 0.3) is 11.8 Å². The fraction of sp³-hybridized carbons (Fsp3) is 0.263. The number of benzene rings is 2. The average molecular weight is 375 g/mol. The predicted molar refractivity (Wildman–Crippen MR) is 97.3 cm³/mol. The molecule has 1 heterocycles. The third kappa shape index (κ3) is 4.74. The van der Waals surface area contributed by atoms with E-state index in [1.165, 1.54) is 0 Å². The van der Waals surface area contributed by atoms with Crippen LogP contribution in [0.25, 0.3) is 0 Å². The van der Waals surface area contributed by atoms with Gasteiger partial charge in [-0.2, -0.15) is 0 Å². The molecular formula is C19H19ClN2O4. The van der Waals surface area contributed by atoms with Crippen molar-refractivity contribution in [3.05, 3.63) is 64.7 Å². The molecule has 1 unspecified atom stereocenters. The third-order valence-electron chi connectivity index (χ3n) is 3.98. The summed E-state index contributed by atoms with van der Waals surface area (Å²) in [6, 6.07) is 13.3. The minimum Gasteiger partial charge on any atom is -0.491 e. The third-order valence-corrected chi connectivity index (χ3v) is 4.31. The summed E-state index contributed by atoms with van der Waals surface area (Å²) in [4.78, 5) is 24.1. The molecule has 2 N–H and O–H groups in total. The molecule has 0 saturated carbocycles. The SMILES string of the molecule is O=C(NNC(=O)c1ccccc1Cl)c1ccc(OCC2CCCO2)cc1. The molecule has 0 aliphatic carbocycles. The summed E-state index contributed by atoms with van der Waals surface area (Å²) in [7, 11) is 0. The van der Waals surface area contributed by atoms with Crippen molar-refractivity contribution in [2.75, 3.05) is 13.2 Å². The molecular weight excluding hydrogens is 356 g/mol. The lowest BCUT2D eigenvalue weighted by atomic mass is 10.2. The number of carbonyl (C=O) groups excluding carboxylic acids is 2. The molecule has 7 heteroatoms. The lowest BCUT2D eigenvalue weighted by Gasteiger charge is -2.12. The van der Waals surface area contributed by atoms with Crippen LogP contribution in [-0.4, -0.2) is 31.1 Å².